The number of rotatable bonds is 6. The van der Waals surface area contributed by atoms with Crippen LogP contribution in [0.2, 0.25) is 0 Å². The molecule has 2 heterocycles. The Morgan fingerprint density at radius 3 is 2.86 bits per heavy atom. The average molecular weight is 289 g/mol. The Hall–Kier alpha value is -1.95. The normalized spacial score (nSPS) is 11.3. The lowest BCUT2D eigenvalue weighted by Gasteiger charge is -2.11. The van der Waals surface area contributed by atoms with Gasteiger partial charge in [-0.05, 0) is 33.5 Å². The molecular weight excluding hydrogens is 266 g/mol. The first kappa shape index (κ1) is 15.4. The van der Waals surface area contributed by atoms with Crippen LogP contribution in [0, 0.1) is 6.92 Å². The lowest BCUT2D eigenvalue weighted by Crippen LogP contribution is -2.31. The highest BCUT2D eigenvalue weighted by molar-refractivity contribution is 6.05. The van der Waals surface area contributed by atoms with Crippen molar-refractivity contribution in [1.82, 2.24) is 25.0 Å². The molecule has 0 aliphatic rings. The second kappa shape index (κ2) is 6.67. The van der Waals surface area contributed by atoms with Gasteiger partial charge in [0.25, 0.3) is 5.91 Å². The van der Waals surface area contributed by atoms with E-state index in [0.717, 1.165) is 36.2 Å². The van der Waals surface area contributed by atoms with E-state index in [1.807, 2.05) is 36.7 Å². The maximum atomic E-state index is 12.4. The zero-order chi connectivity index (χ0) is 15.4. The van der Waals surface area contributed by atoms with Gasteiger partial charge in [-0.15, -0.1) is 0 Å². The Balaban J connectivity index is 2.28. The quantitative estimate of drug-likeness (QED) is 0.874. The summed E-state index contributed by atoms with van der Waals surface area (Å²) in [5, 5.41) is 8.11. The first-order valence-corrected chi connectivity index (χ1v) is 7.29. The monoisotopic (exact) mass is 289 g/mol. The van der Waals surface area contributed by atoms with Crippen LogP contribution in [0.25, 0.3) is 11.0 Å². The van der Waals surface area contributed by atoms with Gasteiger partial charge in [0.1, 0.15) is 0 Å². The predicted octanol–water partition coefficient (Wildman–Crippen LogP) is 1.44. The molecule has 2 rings (SSSR count). The molecule has 21 heavy (non-hydrogen) atoms. The van der Waals surface area contributed by atoms with Crippen LogP contribution in [-0.4, -0.2) is 52.8 Å². The number of aromatic nitrogens is 3. The number of hydrogen-bond donors (Lipinski definition) is 1. The number of carbonyl (C=O) groups excluding carboxylic acids is 1. The summed E-state index contributed by atoms with van der Waals surface area (Å²) < 4.78 is 1.86. The summed E-state index contributed by atoms with van der Waals surface area (Å²) in [7, 11) is 3.96. The maximum Gasteiger partial charge on any atom is 0.252 e. The highest BCUT2D eigenvalue weighted by Crippen LogP contribution is 2.18. The lowest BCUT2D eigenvalue weighted by atomic mass is 10.1. The van der Waals surface area contributed by atoms with Crippen molar-refractivity contribution in [2.24, 2.45) is 0 Å². The van der Waals surface area contributed by atoms with Crippen molar-refractivity contribution in [2.75, 3.05) is 27.2 Å². The molecule has 0 bridgehead atoms. The van der Waals surface area contributed by atoms with E-state index >= 15 is 0 Å². The van der Waals surface area contributed by atoms with E-state index in [9.17, 15) is 4.79 Å². The minimum absolute atomic E-state index is 0.0663. The molecule has 6 heteroatoms. The molecule has 0 atom stereocenters. The molecule has 1 amide bonds. The van der Waals surface area contributed by atoms with Crippen molar-refractivity contribution in [1.29, 1.82) is 0 Å². The van der Waals surface area contributed by atoms with E-state index in [1.165, 1.54) is 0 Å². The SMILES string of the molecule is CCCn1ncc2c(C(=O)NCCN(C)C)cc(C)nc21. The number of pyridine rings is 1. The molecule has 6 nitrogen and oxygen atoms in total. The van der Waals surface area contributed by atoms with Gasteiger partial charge >= 0.3 is 0 Å². The van der Waals surface area contributed by atoms with Gasteiger partial charge in [-0.3, -0.25) is 4.79 Å². The van der Waals surface area contributed by atoms with E-state index in [1.54, 1.807) is 6.20 Å². The summed E-state index contributed by atoms with van der Waals surface area (Å²) in [5.41, 5.74) is 2.27. The number of amides is 1. The first-order valence-electron chi connectivity index (χ1n) is 7.29. The van der Waals surface area contributed by atoms with Crippen molar-refractivity contribution in [3.05, 3.63) is 23.5 Å². The number of likely N-dealkylation sites (N-methyl/N-ethyl adjacent to an activating group) is 1. The van der Waals surface area contributed by atoms with Crippen LogP contribution < -0.4 is 5.32 Å². The van der Waals surface area contributed by atoms with Crippen molar-refractivity contribution in [3.63, 3.8) is 0 Å². The number of carbonyl (C=O) groups is 1. The van der Waals surface area contributed by atoms with Crippen molar-refractivity contribution in [3.8, 4) is 0 Å². The molecule has 0 saturated carbocycles. The minimum Gasteiger partial charge on any atom is -0.351 e. The molecule has 0 aliphatic heterocycles. The van der Waals surface area contributed by atoms with Crippen LogP contribution in [0.1, 0.15) is 29.4 Å². The summed E-state index contributed by atoms with van der Waals surface area (Å²) in [6, 6.07) is 1.82. The largest absolute Gasteiger partial charge is 0.351 e. The highest BCUT2D eigenvalue weighted by atomic mass is 16.1. The van der Waals surface area contributed by atoms with Crippen LogP contribution in [0.15, 0.2) is 12.3 Å². The molecule has 0 unspecified atom stereocenters. The van der Waals surface area contributed by atoms with Crippen LogP contribution in [0.3, 0.4) is 0 Å². The molecular formula is C15H23N5O. The van der Waals surface area contributed by atoms with Gasteiger partial charge in [-0.25, -0.2) is 9.67 Å². The Labute approximate surface area is 125 Å². The number of nitrogens with zero attached hydrogens (tertiary/aromatic N) is 4. The Morgan fingerprint density at radius 2 is 2.19 bits per heavy atom. The van der Waals surface area contributed by atoms with Crippen molar-refractivity contribution < 1.29 is 4.79 Å². The Morgan fingerprint density at radius 1 is 1.43 bits per heavy atom. The maximum absolute atomic E-state index is 12.4. The molecule has 2 aromatic rings. The number of fused-ring (bicyclic) bond motifs is 1. The first-order chi connectivity index (χ1) is 10.0. The predicted molar refractivity (Wildman–Crippen MR) is 83.4 cm³/mol. The molecule has 2 aromatic heterocycles. The lowest BCUT2D eigenvalue weighted by molar-refractivity contribution is 0.0952. The summed E-state index contributed by atoms with van der Waals surface area (Å²) >= 11 is 0. The van der Waals surface area contributed by atoms with E-state index in [2.05, 4.69) is 22.3 Å². The van der Waals surface area contributed by atoms with Gasteiger partial charge < -0.3 is 10.2 Å². The molecule has 0 aliphatic carbocycles. The third-order valence-electron chi connectivity index (χ3n) is 3.26. The molecule has 0 spiro atoms. The van der Waals surface area contributed by atoms with E-state index < -0.39 is 0 Å². The van der Waals surface area contributed by atoms with Crippen LogP contribution in [-0.2, 0) is 6.54 Å². The smallest absolute Gasteiger partial charge is 0.252 e. The van der Waals surface area contributed by atoms with Gasteiger partial charge in [-0.2, -0.15) is 5.10 Å². The van der Waals surface area contributed by atoms with Crippen molar-refractivity contribution >= 4 is 16.9 Å². The molecule has 0 fully saturated rings. The average Bonchev–Trinajstić information content (AvgIpc) is 2.81. The third-order valence-corrected chi connectivity index (χ3v) is 3.26. The van der Waals surface area contributed by atoms with E-state index in [4.69, 9.17) is 0 Å². The fourth-order valence-electron chi connectivity index (χ4n) is 2.22. The fraction of sp³-hybridized carbons (Fsp3) is 0.533. The number of hydrogen-bond acceptors (Lipinski definition) is 4. The second-order valence-electron chi connectivity index (χ2n) is 5.48. The highest BCUT2D eigenvalue weighted by Gasteiger charge is 2.15. The number of aryl methyl sites for hydroxylation is 2. The third kappa shape index (κ3) is 3.58. The van der Waals surface area contributed by atoms with Gasteiger partial charge in [-0.1, -0.05) is 6.92 Å². The minimum atomic E-state index is -0.0663. The van der Waals surface area contributed by atoms with E-state index in [0.29, 0.717) is 12.1 Å². The summed E-state index contributed by atoms with van der Waals surface area (Å²) in [6.45, 7) is 6.24. The van der Waals surface area contributed by atoms with Gasteiger partial charge in [0, 0.05) is 25.3 Å². The van der Waals surface area contributed by atoms with Gasteiger partial charge in [0.05, 0.1) is 17.1 Å². The summed E-state index contributed by atoms with van der Waals surface area (Å²) in [4.78, 5) is 18.9. The fourth-order valence-corrected chi connectivity index (χ4v) is 2.22. The van der Waals surface area contributed by atoms with Crippen molar-refractivity contribution in [2.45, 2.75) is 26.8 Å². The summed E-state index contributed by atoms with van der Waals surface area (Å²) in [6.07, 6.45) is 2.72. The van der Waals surface area contributed by atoms with Gasteiger partial charge in [0.15, 0.2) is 5.65 Å². The molecule has 0 aromatic carbocycles. The molecule has 0 saturated heterocycles. The Kier molecular flexibility index (Phi) is 4.90. The zero-order valence-corrected chi connectivity index (χ0v) is 13.2. The van der Waals surface area contributed by atoms with Crippen LogP contribution in [0.5, 0.6) is 0 Å². The zero-order valence-electron chi connectivity index (χ0n) is 13.2. The summed E-state index contributed by atoms with van der Waals surface area (Å²) in [5.74, 6) is -0.0663. The van der Waals surface area contributed by atoms with E-state index in [-0.39, 0.29) is 5.91 Å². The number of nitrogens with one attached hydrogen (secondary N) is 1. The Bertz CT molecular complexity index is 632. The molecule has 114 valence electrons. The standard InChI is InChI=1S/C15H23N5O/c1-5-7-20-14-13(10-17-20)12(9-11(2)18-14)15(21)16-6-8-19(3)4/h9-10H,5-8H2,1-4H3,(H,16,21). The molecule has 0 radical (unpaired) electrons. The second-order valence-corrected chi connectivity index (χ2v) is 5.48. The van der Waals surface area contributed by atoms with Crippen LogP contribution >= 0.6 is 0 Å². The molecule has 1 N–H and O–H groups in total. The van der Waals surface area contributed by atoms with Gasteiger partial charge in [0.2, 0.25) is 0 Å². The topological polar surface area (TPSA) is 63.1 Å². The van der Waals surface area contributed by atoms with Crippen LogP contribution in [0.4, 0.5) is 0 Å².